The average molecular weight is 164 g/mol. The lowest BCUT2D eigenvalue weighted by atomic mass is 10.9. The van der Waals surface area contributed by atoms with Gasteiger partial charge in [0.05, 0.1) is 19.5 Å². The van der Waals surface area contributed by atoms with E-state index in [-0.39, 0.29) is 28.8 Å². The zero-order valence-corrected chi connectivity index (χ0v) is 7.43. The summed E-state index contributed by atoms with van der Waals surface area (Å²) >= 11 is 0. The fourth-order valence-corrected chi connectivity index (χ4v) is 0.585. The molecule has 0 spiro atoms. The van der Waals surface area contributed by atoms with Gasteiger partial charge in [-0.15, -0.1) is 0 Å². The van der Waals surface area contributed by atoms with Gasteiger partial charge in [0.15, 0.2) is 0 Å². The van der Waals surface area contributed by atoms with Gasteiger partial charge in [0, 0.05) is 23.1 Å². The van der Waals surface area contributed by atoms with Gasteiger partial charge < -0.3 is 5.11 Å². The molecule has 0 aliphatic heterocycles. The summed E-state index contributed by atoms with van der Waals surface area (Å²) < 4.78 is 24.4. The van der Waals surface area contributed by atoms with Crippen molar-refractivity contribution in [2.75, 3.05) is 19.5 Å². The lowest BCUT2D eigenvalue weighted by Crippen LogP contribution is -2.10. The molecule has 0 fully saturated rings. The second kappa shape index (κ2) is 5.42. The van der Waals surface area contributed by atoms with Crippen molar-refractivity contribution in [3.63, 3.8) is 0 Å². The van der Waals surface area contributed by atoms with Crippen LogP contribution in [0.3, 0.4) is 0 Å². The Morgan fingerprint density at radius 1 is 1.56 bits per heavy atom. The molecule has 0 atom stereocenters. The van der Waals surface area contributed by atoms with E-state index >= 15 is 0 Å². The van der Waals surface area contributed by atoms with Crippen molar-refractivity contribution < 1.29 is 17.7 Å². The fraction of sp³-hybridized carbons (Fsp3) is 1.00. The standard InChI is InChI=1S/C3H8O4S.Mg/c1-7-8(5,6)3-2-4;/h4H,2-3H2,1H3;. The van der Waals surface area contributed by atoms with E-state index in [1.165, 1.54) is 0 Å². The Labute approximate surface area is 70.5 Å². The first-order valence-corrected chi connectivity index (χ1v) is 3.59. The first-order valence-electron chi connectivity index (χ1n) is 2.01. The molecule has 0 rings (SSSR count). The third kappa shape index (κ3) is 6.52. The highest BCUT2D eigenvalue weighted by atomic mass is 32.2. The normalized spacial score (nSPS) is 10.4. The zero-order valence-electron chi connectivity index (χ0n) is 5.20. The molecule has 1 N–H and O–H groups in total. The maximum atomic E-state index is 10.2. The quantitative estimate of drug-likeness (QED) is 0.411. The summed E-state index contributed by atoms with van der Waals surface area (Å²) in [6.07, 6.45) is 0. The minimum atomic E-state index is -3.42. The number of rotatable bonds is 3. The second-order valence-corrected chi connectivity index (χ2v) is 3.01. The molecule has 0 saturated heterocycles. The van der Waals surface area contributed by atoms with Gasteiger partial charge in [-0.3, -0.25) is 4.18 Å². The van der Waals surface area contributed by atoms with Gasteiger partial charge in [0.2, 0.25) is 0 Å². The maximum absolute atomic E-state index is 10.2. The van der Waals surface area contributed by atoms with E-state index in [1.807, 2.05) is 0 Å². The smallest absolute Gasteiger partial charge is 0.269 e. The summed E-state index contributed by atoms with van der Waals surface area (Å²) in [5.74, 6) is -0.330. The molecule has 52 valence electrons. The summed E-state index contributed by atoms with van der Waals surface area (Å²) in [6, 6.07) is 0. The third-order valence-electron chi connectivity index (χ3n) is 0.595. The van der Waals surface area contributed by atoms with Gasteiger partial charge in [-0.05, 0) is 0 Å². The van der Waals surface area contributed by atoms with Crippen molar-refractivity contribution in [1.29, 1.82) is 0 Å². The van der Waals surface area contributed by atoms with Crippen molar-refractivity contribution in [1.82, 2.24) is 0 Å². The molecular weight excluding hydrogens is 156 g/mol. The molecule has 0 aromatic carbocycles. The maximum Gasteiger partial charge on any atom is 0.269 e. The highest BCUT2D eigenvalue weighted by Crippen LogP contribution is 1.86. The van der Waals surface area contributed by atoms with Gasteiger partial charge in [0.25, 0.3) is 10.1 Å². The Morgan fingerprint density at radius 3 is 2.11 bits per heavy atom. The SMILES string of the molecule is COS(=O)(=O)CCO.[Mg]. The van der Waals surface area contributed by atoms with Gasteiger partial charge in [-0.25, -0.2) is 0 Å². The molecule has 0 amide bonds. The highest BCUT2D eigenvalue weighted by molar-refractivity contribution is 7.86. The molecular formula is C3H8MgO4S. The van der Waals surface area contributed by atoms with Crippen LogP contribution in [-0.4, -0.2) is 56.0 Å². The van der Waals surface area contributed by atoms with Crippen LogP contribution in [0.4, 0.5) is 0 Å². The molecule has 0 heterocycles. The molecule has 6 heteroatoms. The lowest BCUT2D eigenvalue weighted by Gasteiger charge is -1.94. The first-order chi connectivity index (χ1) is 3.62. The lowest BCUT2D eigenvalue weighted by molar-refractivity contribution is 0.310. The number of hydrogen-bond acceptors (Lipinski definition) is 4. The first kappa shape index (κ1) is 12.3. The summed E-state index contributed by atoms with van der Waals surface area (Å²) in [5, 5.41) is 8.07. The van der Waals surface area contributed by atoms with Crippen LogP contribution >= 0.6 is 0 Å². The Balaban J connectivity index is 0. The summed E-state index contributed by atoms with van der Waals surface area (Å²) in [7, 11) is -2.36. The molecule has 0 aromatic rings. The molecule has 0 aliphatic rings. The van der Waals surface area contributed by atoms with Gasteiger partial charge in [-0.2, -0.15) is 8.42 Å². The van der Waals surface area contributed by atoms with Crippen molar-refractivity contribution >= 4 is 33.2 Å². The van der Waals surface area contributed by atoms with E-state index in [0.717, 1.165) is 7.11 Å². The van der Waals surface area contributed by atoms with Gasteiger partial charge in [-0.1, -0.05) is 0 Å². The predicted molar refractivity (Wildman–Crippen MR) is 33.6 cm³/mol. The van der Waals surface area contributed by atoms with Crippen LogP contribution in [0.5, 0.6) is 0 Å². The molecule has 0 saturated carbocycles. The Kier molecular flexibility index (Phi) is 7.43. The summed E-state index contributed by atoms with van der Waals surface area (Å²) in [4.78, 5) is 0. The largest absolute Gasteiger partial charge is 0.395 e. The summed E-state index contributed by atoms with van der Waals surface area (Å²) in [5.41, 5.74) is 0. The topological polar surface area (TPSA) is 63.6 Å². The van der Waals surface area contributed by atoms with E-state index in [1.54, 1.807) is 0 Å². The fourth-order valence-electron chi connectivity index (χ4n) is 0.195. The predicted octanol–water partition coefficient (Wildman–Crippen LogP) is -1.43. The minimum Gasteiger partial charge on any atom is -0.395 e. The molecule has 0 aliphatic carbocycles. The van der Waals surface area contributed by atoms with Crippen molar-refractivity contribution in [2.24, 2.45) is 0 Å². The molecule has 4 nitrogen and oxygen atoms in total. The number of aliphatic hydroxyl groups is 1. The highest BCUT2D eigenvalue weighted by Gasteiger charge is 2.04. The zero-order chi connectivity index (χ0) is 6.62. The average Bonchev–Trinajstić information content (AvgIpc) is 1.67. The van der Waals surface area contributed by atoms with Crippen molar-refractivity contribution in [3.8, 4) is 0 Å². The molecule has 0 unspecified atom stereocenters. The van der Waals surface area contributed by atoms with Crippen molar-refractivity contribution in [2.45, 2.75) is 0 Å². The Hall–Kier alpha value is 0.636. The Bertz CT molecular complexity index is 140. The van der Waals surface area contributed by atoms with E-state index in [4.69, 9.17) is 5.11 Å². The third-order valence-corrected chi connectivity index (χ3v) is 1.79. The van der Waals surface area contributed by atoms with Crippen LogP contribution in [0.1, 0.15) is 0 Å². The minimum absolute atomic E-state index is 0. The molecule has 2 radical (unpaired) electrons. The van der Waals surface area contributed by atoms with Gasteiger partial charge >= 0.3 is 0 Å². The van der Waals surface area contributed by atoms with Crippen LogP contribution < -0.4 is 0 Å². The van der Waals surface area contributed by atoms with Gasteiger partial charge in [0.1, 0.15) is 0 Å². The van der Waals surface area contributed by atoms with Crippen LogP contribution in [-0.2, 0) is 14.3 Å². The number of hydrogen-bond donors (Lipinski definition) is 1. The van der Waals surface area contributed by atoms with E-state index < -0.39 is 16.7 Å². The van der Waals surface area contributed by atoms with E-state index in [2.05, 4.69) is 4.18 Å². The molecule has 0 aromatic heterocycles. The Morgan fingerprint density at radius 2 is 2.00 bits per heavy atom. The van der Waals surface area contributed by atoms with E-state index in [9.17, 15) is 8.42 Å². The molecule has 0 bridgehead atoms. The van der Waals surface area contributed by atoms with Crippen LogP contribution in [0.2, 0.25) is 0 Å². The monoisotopic (exact) mass is 164 g/mol. The molecule has 9 heavy (non-hydrogen) atoms. The van der Waals surface area contributed by atoms with E-state index in [0.29, 0.717) is 0 Å². The number of aliphatic hydroxyl groups excluding tert-OH is 1. The van der Waals surface area contributed by atoms with Crippen LogP contribution in [0.25, 0.3) is 0 Å². The van der Waals surface area contributed by atoms with Crippen LogP contribution in [0.15, 0.2) is 0 Å². The second-order valence-electron chi connectivity index (χ2n) is 1.15. The summed E-state index contributed by atoms with van der Waals surface area (Å²) in [6.45, 7) is -0.393. The van der Waals surface area contributed by atoms with Crippen molar-refractivity contribution in [3.05, 3.63) is 0 Å². The van der Waals surface area contributed by atoms with Crippen LogP contribution in [0, 0.1) is 0 Å².